The first-order valence-corrected chi connectivity index (χ1v) is 8.05. The Hall–Kier alpha value is -1.10. The summed E-state index contributed by atoms with van der Waals surface area (Å²) in [5, 5.41) is 7.31. The fourth-order valence-corrected chi connectivity index (χ4v) is 2.80. The van der Waals surface area contributed by atoms with E-state index in [1.54, 1.807) is 11.3 Å². The van der Waals surface area contributed by atoms with E-state index in [-0.39, 0.29) is 0 Å². The monoisotopic (exact) mass is 309 g/mol. The number of nitrogens with zero attached hydrogens (tertiary/aromatic N) is 2. The standard InChI is InChI=1S/C15H20ClN3S/c1-3-8-17-9-14-11-20-15(18-14)19(2)10-12-4-6-13(16)7-5-12/h4-7,11,17H,3,8-10H2,1-2H3. The molecule has 0 aliphatic heterocycles. The predicted molar refractivity (Wildman–Crippen MR) is 87.7 cm³/mol. The summed E-state index contributed by atoms with van der Waals surface area (Å²) < 4.78 is 0. The minimum atomic E-state index is 0.773. The molecule has 5 heteroatoms. The van der Waals surface area contributed by atoms with Crippen LogP contribution in [0.2, 0.25) is 5.02 Å². The molecule has 0 atom stereocenters. The summed E-state index contributed by atoms with van der Waals surface area (Å²) in [7, 11) is 2.07. The third kappa shape index (κ3) is 4.47. The van der Waals surface area contributed by atoms with E-state index in [1.165, 1.54) is 5.56 Å². The van der Waals surface area contributed by atoms with Gasteiger partial charge in [0.15, 0.2) is 5.13 Å². The Bertz CT molecular complexity index is 524. The molecule has 2 aromatic rings. The number of halogens is 1. The van der Waals surface area contributed by atoms with Crippen molar-refractivity contribution in [3.63, 3.8) is 0 Å². The van der Waals surface area contributed by atoms with Crippen LogP contribution < -0.4 is 10.2 Å². The van der Waals surface area contributed by atoms with E-state index in [4.69, 9.17) is 11.6 Å². The Morgan fingerprint density at radius 2 is 2.05 bits per heavy atom. The summed E-state index contributed by atoms with van der Waals surface area (Å²) in [6, 6.07) is 7.95. The van der Waals surface area contributed by atoms with Crippen LogP contribution in [0.15, 0.2) is 29.6 Å². The summed E-state index contributed by atoms with van der Waals surface area (Å²) in [6.45, 7) is 4.89. The number of nitrogens with one attached hydrogen (secondary N) is 1. The second-order valence-electron chi connectivity index (χ2n) is 4.78. The molecule has 0 fully saturated rings. The Kier molecular flexibility index (Phi) is 5.83. The first-order valence-electron chi connectivity index (χ1n) is 6.79. The van der Waals surface area contributed by atoms with Gasteiger partial charge in [-0.15, -0.1) is 11.3 Å². The molecule has 0 aliphatic carbocycles. The van der Waals surface area contributed by atoms with E-state index >= 15 is 0 Å². The molecule has 3 nitrogen and oxygen atoms in total. The van der Waals surface area contributed by atoms with E-state index in [1.807, 2.05) is 12.1 Å². The zero-order valence-electron chi connectivity index (χ0n) is 11.9. The van der Waals surface area contributed by atoms with Gasteiger partial charge in [-0.25, -0.2) is 4.98 Å². The second kappa shape index (κ2) is 7.62. The molecule has 0 saturated heterocycles. The maximum absolute atomic E-state index is 5.90. The van der Waals surface area contributed by atoms with Gasteiger partial charge in [0.1, 0.15) is 0 Å². The van der Waals surface area contributed by atoms with Crippen LogP contribution in [0.25, 0.3) is 0 Å². The average Bonchev–Trinajstić information content (AvgIpc) is 2.91. The van der Waals surface area contributed by atoms with E-state index in [9.17, 15) is 0 Å². The number of hydrogen-bond acceptors (Lipinski definition) is 4. The van der Waals surface area contributed by atoms with Gasteiger partial charge in [-0.1, -0.05) is 30.7 Å². The van der Waals surface area contributed by atoms with Crippen LogP contribution in [0.4, 0.5) is 5.13 Å². The fourth-order valence-electron chi connectivity index (χ4n) is 1.88. The highest BCUT2D eigenvalue weighted by Crippen LogP contribution is 2.21. The third-order valence-electron chi connectivity index (χ3n) is 2.93. The van der Waals surface area contributed by atoms with Crippen molar-refractivity contribution in [3.05, 3.63) is 45.9 Å². The van der Waals surface area contributed by atoms with Gasteiger partial charge >= 0.3 is 0 Å². The molecule has 1 aromatic carbocycles. The number of benzene rings is 1. The molecule has 0 radical (unpaired) electrons. The number of rotatable bonds is 7. The molecule has 1 N–H and O–H groups in total. The van der Waals surface area contributed by atoms with Gasteiger partial charge in [-0.05, 0) is 30.7 Å². The fraction of sp³-hybridized carbons (Fsp3) is 0.400. The van der Waals surface area contributed by atoms with Gasteiger partial charge in [-0.2, -0.15) is 0 Å². The molecule has 0 bridgehead atoms. The van der Waals surface area contributed by atoms with Crippen LogP contribution in [0.5, 0.6) is 0 Å². The highest BCUT2D eigenvalue weighted by molar-refractivity contribution is 7.13. The van der Waals surface area contributed by atoms with Crippen LogP contribution in [0.3, 0.4) is 0 Å². The summed E-state index contributed by atoms with van der Waals surface area (Å²) in [4.78, 5) is 6.82. The van der Waals surface area contributed by atoms with Crippen LogP contribution in [-0.4, -0.2) is 18.6 Å². The minimum Gasteiger partial charge on any atom is -0.347 e. The maximum Gasteiger partial charge on any atom is 0.185 e. The van der Waals surface area contributed by atoms with Crippen LogP contribution in [0.1, 0.15) is 24.6 Å². The lowest BCUT2D eigenvalue weighted by Gasteiger charge is -2.15. The van der Waals surface area contributed by atoms with Crippen molar-refractivity contribution in [2.24, 2.45) is 0 Å². The van der Waals surface area contributed by atoms with Crippen molar-refractivity contribution in [3.8, 4) is 0 Å². The van der Waals surface area contributed by atoms with Crippen LogP contribution in [0, 0.1) is 0 Å². The lowest BCUT2D eigenvalue weighted by Crippen LogP contribution is -2.17. The lowest BCUT2D eigenvalue weighted by atomic mass is 10.2. The van der Waals surface area contributed by atoms with Crippen molar-refractivity contribution in [1.29, 1.82) is 0 Å². The molecule has 0 spiro atoms. The van der Waals surface area contributed by atoms with Crippen molar-refractivity contribution in [2.45, 2.75) is 26.4 Å². The summed E-state index contributed by atoms with van der Waals surface area (Å²) in [5.74, 6) is 0. The first-order chi connectivity index (χ1) is 9.69. The molecule has 1 heterocycles. The van der Waals surface area contributed by atoms with Gasteiger partial charge in [0.05, 0.1) is 5.69 Å². The van der Waals surface area contributed by atoms with Gasteiger partial charge in [0.2, 0.25) is 0 Å². The maximum atomic E-state index is 5.90. The van der Waals surface area contributed by atoms with Gasteiger partial charge in [0, 0.05) is 30.5 Å². The highest BCUT2D eigenvalue weighted by Gasteiger charge is 2.07. The molecule has 0 amide bonds. The van der Waals surface area contributed by atoms with Crippen LogP contribution in [-0.2, 0) is 13.1 Å². The molecule has 0 unspecified atom stereocenters. The van der Waals surface area contributed by atoms with Gasteiger partial charge in [-0.3, -0.25) is 0 Å². The topological polar surface area (TPSA) is 28.2 Å². The van der Waals surface area contributed by atoms with Gasteiger partial charge < -0.3 is 10.2 Å². The molecule has 0 aliphatic rings. The first kappa shape index (κ1) is 15.3. The Labute approximate surface area is 129 Å². The van der Waals surface area contributed by atoms with E-state index in [2.05, 4.69) is 46.7 Å². The number of anilines is 1. The third-order valence-corrected chi connectivity index (χ3v) is 4.19. The largest absolute Gasteiger partial charge is 0.347 e. The SMILES string of the molecule is CCCNCc1csc(N(C)Cc2ccc(Cl)cc2)n1. The van der Waals surface area contributed by atoms with E-state index in [0.29, 0.717) is 0 Å². The quantitative estimate of drug-likeness (QED) is 0.785. The number of hydrogen-bond donors (Lipinski definition) is 1. The second-order valence-corrected chi connectivity index (χ2v) is 6.05. The van der Waals surface area contributed by atoms with E-state index < -0.39 is 0 Å². The molecule has 108 valence electrons. The molecule has 0 saturated carbocycles. The van der Waals surface area contributed by atoms with E-state index in [0.717, 1.165) is 41.9 Å². The molecule has 1 aromatic heterocycles. The van der Waals surface area contributed by atoms with Crippen LogP contribution >= 0.6 is 22.9 Å². The minimum absolute atomic E-state index is 0.773. The lowest BCUT2D eigenvalue weighted by molar-refractivity contribution is 0.666. The van der Waals surface area contributed by atoms with Crippen molar-refractivity contribution >= 4 is 28.1 Å². The highest BCUT2D eigenvalue weighted by atomic mass is 35.5. The summed E-state index contributed by atoms with van der Waals surface area (Å²) in [5.41, 5.74) is 2.35. The zero-order chi connectivity index (χ0) is 14.4. The Morgan fingerprint density at radius 1 is 1.30 bits per heavy atom. The molecular weight excluding hydrogens is 290 g/mol. The predicted octanol–water partition coefficient (Wildman–Crippen LogP) is 3.93. The molecular formula is C15H20ClN3S. The van der Waals surface area contributed by atoms with Crippen molar-refractivity contribution in [2.75, 3.05) is 18.5 Å². The molecule has 20 heavy (non-hydrogen) atoms. The summed E-state index contributed by atoms with van der Waals surface area (Å²) in [6.07, 6.45) is 1.15. The average molecular weight is 310 g/mol. The van der Waals surface area contributed by atoms with Crippen molar-refractivity contribution < 1.29 is 0 Å². The van der Waals surface area contributed by atoms with Gasteiger partial charge in [0.25, 0.3) is 0 Å². The summed E-state index contributed by atoms with van der Waals surface area (Å²) >= 11 is 7.58. The number of thiazole rings is 1. The smallest absolute Gasteiger partial charge is 0.185 e. The number of aromatic nitrogens is 1. The normalized spacial score (nSPS) is 10.8. The Balaban J connectivity index is 1.91. The van der Waals surface area contributed by atoms with Crippen molar-refractivity contribution in [1.82, 2.24) is 10.3 Å². The molecule has 2 rings (SSSR count). The Morgan fingerprint density at radius 3 is 2.75 bits per heavy atom. The zero-order valence-corrected chi connectivity index (χ0v) is 13.5.